The summed E-state index contributed by atoms with van der Waals surface area (Å²) in [7, 11) is 0. The topological polar surface area (TPSA) is 54.6 Å². The van der Waals surface area contributed by atoms with Crippen molar-refractivity contribution in [2.75, 3.05) is 0 Å². The zero-order valence-corrected chi connectivity index (χ0v) is 9.40. The molecule has 1 aliphatic rings. The monoisotopic (exact) mass is 220 g/mol. The minimum atomic E-state index is -0.282. The summed E-state index contributed by atoms with van der Waals surface area (Å²) in [6.07, 6.45) is 6.05. The molecule has 0 aliphatic heterocycles. The van der Waals surface area contributed by atoms with Crippen molar-refractivity contribution in [3.05, 3.63) is 24.2 Å². The van der Waals surface area contributed by atoms with Gasteiger partial charge in [0, 0.05) is 5.71 Å². The zero-order valence-electron chi connectivity index (χ0n) is 9.40. The summed E-state index contributed by atoms with van der Waals surface area (Å²) in [5, 5.41) is 4.18. The summed E-state index contributed by atoms with van der Waals surface area (Å²) >= 11 is 0. The second-order valence-electron chi connectivity index (χ2n) is 4.17. The van der Waals surface area contributed by atoms with Gasteiger partial charge in [-0.25, -0.2) is 5.43 Å². The fourth-order valence-corrected chi connectivity index (χ4v) is 1.92. The molecule has 0 aromatic carbocycles. The molecule has 1 aromatic rings. The minimum absolute atomic E-state index is 0.282. The lowest BCUT2D eigenvalue weighted by atomic mass is 9.89. The molecule has 1 aromatic heterocycles. The van der Waals surface area contributed by atoms with Gasteiger partial charge in [-0.2, -0.15) is 5.10 Å². The summed E-state index contributed by atoms with van der Waals surface area (Å²) in [5.74, 6) is 0.494. The van der Waals surface area contributed by atoms with Crippen LogP contribution in [0.15, 0.2) is 27.9 Å². The van der Waals surface area contributed by atoms with E-state index in [4.69, 9.17) is 4.42 Å². The Morgan fingerprint density at radius 2 is 2.44 bits per heavy atom. The van der Waals surface area contributed by atoms with E-state index in [9.17, 15) is 4.79 Å². The van der Waals surface area contributed by atoms with Crippen LogP contribution in [0.3, 0.4) is 0 Å². The molecule has 1 unspecified atom stereocenters. The molecule has 1 fully saturated rings. The van der Waals surface area contributed by atoms with Crippen LogP contribution in [0.25, 0.3) is 0 Å². The standard InChI is InChI=1S/C12H16N2O2/c1-9-5-2-3-6-10(9)13-14-12(15)11-7-4-8-16-11/h4,7-9H,2-3,5-6H2,1H3,(H,14,15)/b13-10+. The second kappa shape index (κ2) is 4.96. The maximum Gasteiger partial charge on any atom is 0.307 e. The van der Waals surface area contributed by atoms with Gasteiger partial charge in [0.05, 0.1) is 6.26 Å². The molecule has 16 heavy (non-hydrogen) atoms. The summed E-state index contributed by atoms with van der Waals surface area (Å²) in [6, 6.07) is 3.31. The van der Waals surface area contributed by atoms with Crippen LogP contribution < -0.4 is 5.43 Å². The Balaban J connectivity index is 1.95. The summed E-state index contributed by atoms with van der Waals surface area (Å²) in [6.45, 7) is 2.15. The molecule has 1 aliphatic carbocycles. The molecule has 1 atom stereocenters. The van der Waals surface area contributed by atoms with Gasteiger partial charge in [0.25, 0.3) is 0 Å². The predicted molar refractivity (Wildman–Crippen MR) is 61.2 cm³/mol. The van der Waals surface area contributed by atoms with E-state index < -0.39 is 0 Å². The number of furan rings is 1. The molecule has 1 heterocycles. The molecular formula is C12H16N2O2. The van der Waals surface area contributed by atoms with E-state index in [0.29, 0.717) is 11.7 Å². The smallest absolute Gasteiger partial charge is 0.307 e. The first-order chi connectivity index (χ1) is 7.77. The van der Waals surface area contributed by atoms with Crippen LogP contribution >= 0.6 is 0 Å². The fraction of sp³-hybridized carbons (Fsp3) is 0.500. The summed E-state index contributed by atoms with van der Waals surface area (Å²) in [4.78, 5) is 11.5. The number of nitrogens with one attached hydrogen (secondary N) is 1. The highest BCUT2D eigenvalue weighted by Crippen LogP contribution is 2.20. The van der Waals surface area contributed by atoms with Gasteiger partial charge in [-0.15, -0.1) is 0 Å². The number of carbonyl (C=O) groups excluding carboxylic acids is 1. The molecule has 0 saturated heterocycles. The maximum atomic E-state index is 11.5. The van der Waals surface area contributed by atoms with Crippen LogP contribution in [-0.4, -0.2) is 11.6 Å². The van der Waals surface area contributed by atoms with E-state index in [0.717, 1.165) is 18.6 Å². The first-order valence-electron chi connectivity index (χ1n) is 5.67. The summed E-state index contributed by atoms with van der Waals surface area (Å²) in [5.41, 5.74) is 3.63. The van der Waals surface area contributed by atoms with E-state index >= 15 is 0 Å². The van der Waals surface area contributed by atoms with E-state index in [2.05, 4.69) is 17.5 Å². The Bertz CT molecular complexity index is 382. The number of nitrogens with zero attached hydrogens (tertiary/aromatic N) is 1. The normalized spacial score (nSPS) is 23.3. The van der Waals surface area contributed by atoms with Gasteiger partial charge < -0.3 is 4.42 Å². The Hall–Kier alpha value is -1.58. The third-order valence-electron chi connectivity index (χ3n) is 2.93. The van der Waals surface area contributed by atoms with Crippen molar-refractivity contribution in [2.24, 2.45) is 11.0 Å². The van der Waals surface area contributed by atoms with Crippen LogP contribution in [0.4, 0.5) is 0 Å². The second-order valence-corrected chi connectivity index (χ2v) is 4.17. The number of amides is 1. The molecule has 0 radical (unpaired) electrons. The van der Waals surface area contributed by atoms with Crippen molar-refractivity contribution in [3.63, 3.8) is 0 Å². The van der Waals surface area contributed by atoms with Crippen molar-refractivity contribution in [3.8, 4) is 0 Å². The van der Waals surface area contributed by atoms with Crippen molar-refractivity contribution in [2.45, 2.75) is 32.6 Å². The Kier molecular flexibility index (Phi) is 3.39. The predicted octanol–water partition coefficient (Wildman–Crippen LogP) is 2.58. The van der Waals surface area contributed by atoms with Crippen LogP contribution in [0.1, 0.15) is 43.2 Å². The highest BCUT2D eigenvalue weighted by Gasteiger charge is 2.16. The summed E-state index contributed by atoms with van der Waals surface area (Å²) < 4.78 is 4.98. The molecule has 4 heteroatoms. The van der Waals surface area contributed by atoms with Crippen molar-refractivity contribution < 1.29 is 9.21 Å². The van der Waals surface area contributed by atoms with Gasteiger partial charge in [-0.3, -0.25) is 4.79 Å². The Morgan fingerprint density at radius 3 is 3.12 bits per heavy atom. The van der Waals surface area contributed by atoms with Crippen LogP contribution in [0.5, 0.6) is 0 Å². The van der Waals surface area contributed by atoms with Crippen molar-refractivity contribution in [1.29, 1.82) is 0 Å². The van der Waals surface area contributed by atoms with Crippen molar-refractivity contribution >= 4 is 11.6 Å². The third-order valence-corrected chi connectivity index (χ3v) is 2.93. The number of hydrazone groups is 1. The quantitative estimate of drug-likeness (QED) is 0.779. The van der Waals surface area contributed by atoms with Gasteiger partial charge in [0.1, 0.15) is 0 Å². The molecule has 0 spiro atoms. The van der Waals surface area contributed by atoms with Crippen molar-refractivity contribution in [1.82, 2.24) is 5.43 Å². The average Bonchev–Trinajstić information content (AvgIpc) is 2.81. The molecule has 4 nitrogen and oxygen atoms in total. The van der Waals surface area contributed by atoms with Gasteiger partial charge in [0.2, 0.25) is 0 Å². The van der Waals surface area contributed by atoms with E-state index in [1.165, 1.54) is 19.1 Å². The highest BCUT2D eigenvalue weighted by molar-refractivity contribution is 5.93. The average molecular weight is 220 g/mol. The highest BCUT2D eigenvalue weighted by atomic mass is 16.3. The first kappa shape index (κ1) is 10.9. The minimum Gasteiger partial charge on any atom is -0.459 e. The van der Waals surface area contributed by atoms with E-state index in [1.54, 1.807) is 12.1 Å². The largest absolute Gasteiger partial charge is 0.459 e. The molecular weight excluding hydrogens is 204 g/mol. The number of hydrogen-bond donors (Lipinski definition) is 1. The molecule has 86 valence electrons. The SMILES string of the molecule is CC1CCCC/C1=N\NC(=O)c1ccco1. The lowest BCUT2D eigenvalue weighted by Gasteiger charge is -2.19. The van der Waals surface area contributed by atoms with Gasteiger partial charge >= 0.3 is 5.91 Å². The van der Waals surface area contributed by atoms with Gasteiger partial charge in [-0.05, 0) is 37.3 Å². The van der Waals surface area contributed by atoms with E-state index in [-0.39, 0.29) is 5.91 Å². The third kappa shape index (κ3) is 2.51. The maximum absolute atomic E-state index is 11.5. The first-order valence-corrected chi connectivity index (χ1v) is 5.67. The number of hydrogen-bond acceptors (Lipinski definition) is 3. The number of carbonyl (C=O) groups is 1. The lowest BCUT2D eigenvalue weighted by Crippen LogP contribution is -2.23. The molecule has 0 bridgehead atoms. The fourth-order valence-electron chi connectivity index (χ4n) is 1.92. The van der Waals surface area contributed by atoms with Gasteiger partial charge in [-0.1, -0.05) is 13.3 Å². The molecule has 1 saturated carbocycles. The van der Waals surface area contributed by atoms with Crippen LogP contribution in [0, 0.1) is 5.92 Å². The molecule has 1 amide bonds. The number of rotatable bonds is 2. The molecule has 2 rings (SSSR count). The Morgan fingerprint density at radius 1 is 1.56 bits per heavy atom. The van der Waals surface area contributed by atoms with E-state index in [1.807, 2.05) is 0 Å². The lowest BCUT2D eigenvalue weighted by molar-refractivity contribution is 0.0927. The van der Waals surface area contributed by atoms with Crippen LogP contribution in [0.2, 0.25) is 0 Å². The van der Waals surface area contributed by atoms with Gasteiger partial charge in [0.15, 0.2) is 5.76 Å². The Labute approximate surface area is 94.7 Å². The van der Waals surface area contributed by atoms with Crippen LogP contribution in [-0.2, 0) is 0 Å². The molecule has 1 N–H and O–H groups in total. The zero-order chi connectivity index (χ0) is 11.4.